The minimum absolute atomic E-state index is 0.0835. The van der Waals surface area contributed by atoms with Gasteiger partial charge in [0.2, 0.25) is 5.16 Å². The molecule has 0 aliphatic carbocycles. The molecule has 28 heavy (non-hydrogen) atoms. The van der Waals surface area contributed by atoms with Gasteiger partial charge in [-0.1, -0.05) is 41.6 Å². The highest BCUT2D eigenvalue weighted by Gasteiger charge is 2.15. The van der Waals surface area contributed by atoms with Gasteiger partial charge in [0.15, 0.2) is 21.9 Å². The predicted molar refractivity (Wildman–Crippen MR) is 109 cm³/mol. The van der Waals surface area contributed by atoms with E-state index < -0.39 is 5.82 Å². The number of rotatable bonds is 6. The van der Waals surface area contributed by atoms with Crippen molar-refractivity contribution in [1.82, 2.24) is 19.9 Å². The van der Waals surface area contributed by atoms with Gasteiger partial charge in [-0.15, -0.1) is 21.5 Å². The number of nitrogens with zero attached hydrogens (tertiary/aromatic N) is 4. The van der Waals surface area contributed by atoms with E-state index in [4.69, 9.17) is 22.2 Å². The maximum absolute atomic E-state index is 14.2. The first-order chi connectivity index (χ1) is 13.6. The molecule has 0 bridgehead atoms. The maximum Gasteiger partial charge on any atom is 0.210 e. The molecule has 0 unspecified atom stereocenters. The third kappa shape index (κ3) is 4.11. The Morgan fingerprint density at radius 1 is 1.18 bits per heavy atom. The van der Waals surface area contributed by atoms with E-state index in [1.54, 1.807) is 30.5 Å². The molecule has 2 aromatic heterocycles. The van der Waals surface area contributed by atoms with E-state index in [0.717, 1.165) is 4.88 Å². The summed E-state index contributed by atoms with van der Waals surface area (Å²) in [5.41, 5.74) is 0.593. The Hall–Kier alpha value is -2.62. The van der Waals surface area contributed by atoms with Gasteiger partial charge in [0.1, 0.15) is 5.75 Å². The molecule has 0 spiro atoms. The Morgan fingerprint density at radius 3 is 2.75 bits per heavy atom. The van der Waals surface area contributed by atoms with E-state index in [9.17, 15) is 4.39 Å². The van der Waals surface area contributed by atoms with Crippen molar-refractivity contribution in [2.75, 3.05) is 5.84 Å². The van der Waals surface area contributed by atoms with Crippen LogP contribution in [0.5, 0.6) is 11.5 Å². The molecule has 0 amide bonds. The Kier molecular flexibility index (Phi) is 5.47. The summed E-state index contributed by atoms with van der Waals surface area (Å²) in [6.45, 7) is 0. The summed E-state index contributed by atoms with van der Waals surface area (Å²) >= 11 is 8.65. The molecular weight excluding hydrogens is 421 g/mol. The number of nitrogens with two attached hydrogens (primary N) is 1. The van der Waals surface area contributed by atoms with Crippen LogP contribution in [0.15, 0.2) is 59.9 Å². The van der Waals surface area contributed by atoms with Crippen molar-refractivity contribution in [3.05, 3.63) is 69.9 Å². The number of thiazole rings is 1. The standard InChI is InChI=1S/C18H13ClFN5OS2/c19-17-22-9-13(28-17)10-27-18-24-23-16(25(18)21)11-6-7-14(20)15(8-11)26-12-4-2-1-3-5-12/h1-9H,10,21H2. The fourth-order valence-corrected chi connectivity index (χ4v) is 4.25. The van der Waals surface area contributed by atoms with E-state index in [-0.39, 0.29) is 5.75 Å². The summed E-state index contributed by atoms with van der Waals surface area (Å²) in [5, 5.41) is 8.77. The van der Waals surface area contributed by atoms with Gasteiger partial charge < -0.3 is 10.6 Å². The monoisotopic (exact) mass is 433 g/mol. The van der Waals surface area contributed by atoms with Crippen LogP contribution in [-0.2, 0) is 5.75 Å². The van der Waals surface area contributed by atoms with Crippen LogP contribution in [0.2, 0.25) is 4.47 Å². The van der Waals surface area contributed by atoms with Crippen LogP contribution in [0.1, 0.15) is 4.88 Å². The largest absolute Gasteiger partial charge is 0.454 e. The molecule has 0 atom stereocenters. The van der Waals surface area contributed by atoms with Crippen LogP contribution < -0.4 is 10.6 Å². The number of para-hydroxylation sites is 1. The van der Waals surface area contributed by atoms with Crippen molar-refractivity contribution in [2.45, 2.75) is 10.9 Å². The molecule has 0 aliphatic rings. The second-order valence-corrected chi connectivity index (χ2v) is 8.24. The topological polar surface area (TPSA) is 78.9 Å². The number of nitrogen functional groups attached to an aromatic ring is 1. The number of hydrogen-bond donors (Lipinski definition) is 1. The molecule has 4 aromatic rings. The SMILES string of the molecule is Nn1c(SCc2cnc(Cl)s2)nnc1-c1ccc(F)c(Oc2ccccc2)c1. The number of hydrogen-bond acceptors (Lipinski definition) is 7. The van der Waals surface area contributed by atoms with Gasteiger partial charge in [-0.05, 0) is 30.3 Å². The average molecular weight is 434 g/mol. The normalized spacial score (nSPS) is 10.9. The molecule has 0 aliphatic heterocycles. The molecule has 142 valence electrons. The Morgan fingerprint density at radius 2 is 2.00 bits per heavy atom. The molecule has 6 nitrogen and oxygen atoms in total. The number of halogens is 2. The predicted octanol–water partition coefficient (Wildman–Crippen LogP) is 4.99. The van der Waals surface area contributed by atoms with Crippen molar-refractivity contribution < 1.29 is 9.13 Å². The Labute approximate surface area is 173 Å². The van der Waals surface area contributed by atoms with Gasteiger partial charge in [0, 0.05) is 22.4 Å². The molecule has 4 rings (SSSR count). The summed E-state index contributed by atoms with van der Waals surface area (Å²) in [4.78, 5) is 5.00. The highest BCUT2D eigenvalue weighted by molar-refractivity contribution is 7.98. The Balaban J connectivity index is 1.55. The van der Waals surface area contributed by atoms with E-state index >= 15 is 0 Å². The molecule has 0 radical (unpaired) electrons. The zero-order valence-corrected chi connectivity index (χ0v) is 16.6. The Bertz CT molecular complexity index is 1100. The highest BCUT2D eigenvalue weighted by atomic mass is 35.5. The fraction of sp³-hybridized carbons (Fsp3) is 0.0556. The van der Waals surface area contributed by atoms with Crippen LogP contribution in [0, 0.1) is 5.82 Å². The smallest absolute Gasteiger partial charge is 0.210 e. The average Bonchev–Trinajstić information content (AvgIpc) is 3.28. The van der Waals surface area contributed by atoms with E-state index in [2.05, 4.69) is 15.2 Å². The van der Waals surface area contributed by atoms with Crippen LogP contribution >= 0.6 is 34.7 Å². The van der Waals surface area contributed by atoms with Gasteiger partial charge in [0.05, 0.1) is 0 Å². The molecule has 0 saturated heterocycles. The molecule has 0 saturated carbocycles. The van der Waals surface area contributed by atoms with Crippen molar-refractivity contribution in [2.24, 2.45) is 0 Å². The summed E-state index contributed by atoms with van der Waals surface area (Å²) < 4.78 is 21.7. The quantitative estimate of drug-likeness (QED) is 0.341. The maximum atomic E-state index is 14.2. The summed E-state index contributed by atoms with van der Waals surface area (Å²) in [7, 11) is 0. The zero-order chi connectivity index (χ0) is 19.5. The van der Waals surface area contributed by atoms with Crippen molar-refractivity contribution in [3.63, 3.8) is 0 Å². The van der Waals surface area contributed by atoms with E-state index in [1.807, 2.05) is 18.2 Å². The van der Waals surface area contributed by atoms with Gasteiger partial charge in [-0.25, -0.2) is 14.1 Å². The number of thioether (sulfide) groups is 1. The lowest BCUT2D eigenvalue weighted by Gasteiger charge is -2.09. The second kappa shape index (κ2) is 8.17. The molecule has 0 fully saturated rings. The molecule has 10 heteroatoms. The third-order valence-corrected chi connectivity index (χ3v) is 5.98. The molecule has 2 aromatic carbocycles. The number of ether oxygens (including phenoxy) is 1. The van der Waals surface area contributed by atoms with Crippen molar-refractivity contribution in [1.29, 1.82) is 0 Å². The van der Waals surface area contributed by atoms with Crippen LogP contribution in [0.25, 0.3) is 11.4 Å². The zero-order valence-electron chi connectivity index (χ0n) is 14.3. The summed E-state index contributed by atoms with van der Waals surface area (Å²) in [6, 6.07) is 13.4. The number of aromatic nitrogens is 4. The molecule has 2 N–H and O–H groups in total. The number of benzene rings is 2. The first-order valence-corrected chi connectivity index (χ1v) is 10.2. The third-order valence-electron chi connectivity index (χ3n) is 3.69. The van der Waals surface area contributed by atoms with Gasteiger partial charge in [-0.2, -0.15) is 0 Å². The lowest BCUT2D eigenvalue weighted by atomic mass is 10.2. The minimum atomic E-state index is -0.479. The lowest BCUT2D eigenvalue weighted by Crippen LogP contribution is -2.11. The van der Waals surface area contributed by atoms with Crippen molar-refractivity contribution in [3.8, 4) is 22.9 Å². The van der Waals surface area contributed by atoms with Gasteiger partial charge in [0.25, 0.3) is 0 Å². The van der Waals surface area contributed by atoms with Crippen LogP contribution in [0.4, 0.5) is 4.39 Å². The molecule has 2 heterocycles. The first-order valence-electron chi connectivity index (χ1n) is 8.06. The van der Waals surface area contributed by atoms with E-state index in [1.165, 1.54) is 33.8 Å². The van der Waals surface area contributed by atoms with Crippen molar-refractivity contribution >= 4 is 34.7 Å². The van der Waals surface area contributed by atoms with Gasteiger partial charge in [-0.3, -0.25) is 0 Å². The van der Waals surface area contributed by atoms with E-state index in [0.29, 0.717) is 32.5 Å². The summed E-state index contributed by atoms with van der Waals surface area (Å²) in [5.74, 6) is 7.30. The molecular formula is C18H13ClFN5OS2. The van der Waals surface area contributed by atoms with Crippen LogP contribution in [-0.4, -0.2) is 19.9 Å². The first kappa shape index (κ1) is 18.7. The fourth-order valence-electron chi connectivity index (χ4n) is 2.39. The van der Waals surface area contributed by atoms with Crippen LogP contribution in [0.3, 0.4) is 0 Å². The lowest BCUT2D eigenvalue weighted by molar-refractivity contribution is 0.442. The van der Waals surface area contributed by atoms with Gasteiger partial charge >= 0.3 is 0 Å². The minimum Gasteiger partial charge on any atom is -0.454 e. The highest BCUT2D eigenvalue weighted by Crippen LogP contribution is 2.31. The second-order valence-electron chi connectivity index (χ2n) is 5.60. The summed E-state index contributed by atoms with van der Waals surface area (Å²) in [6.07, 6.45) is 1.71.